The fraction of sp³-hybridized carbons (Fsp3) is 0.190. The minimum Gasteiger partial charge on any atom is -1.00 e. The van der Waals surface area contributed by atoms with E-state index in [9.17, 15) is 0 Å². The number of hydrogen-bond acceptors (Lipinski definition) is 2. The second-order valence-electron chi connectivity index (χ2n) is 6.16. The summed E-state index contributed by atoms with van der Waals surface area (Å²) in [6, 6.07) is 17.1. The molecule has 0 spiro atoms. The van der Waals surface area contributed by atoms with Crippen LogP contribution in [0.1, 0.15) is 16.0 Å². The average molecular weight is 412 g/mol. The van der Waals surface area contributed by atoms with Gasteiger partial charge in [0.25, 0.3) is 0 Å². The number of nitrogens with zero attached hydrogens (tertiary/aromatic N) is 2. The van der Waals surface area contributed by atoms with Crippen molar-refractivity contribution in [2.75, 3.05) is 0 Å². The molecule has 1 aliphatic rings. The van der Waals surface area contributed by atoms with Gasteiger partial charge in [0.1, 0.15) is 0 Å². The Kier molecular flexibility index (Phi) is 5.40. The lowest BCUT2D eigenvalue weighted by Gasteiger charge is -2.18. The zero-order chi connectivity index (χ0) is 16.5. The van der Waals surface area contributed by atoms with Gasteiger partial charge >= 0.3 is 0 Å². The summed E-state index contributed by atoms with van der Waals surface area (Å²) in [6.45, 7) is 6.82. The molecule has 0 N–H and O–H groups in total. The summed E-state index contributed by atoms with van der Waals surface area (Å²) in [5, 5.41) is 0. The van der Waals surface area contributed by atoms with E-state index in [0.717, 1.165) is 29.9 Å². The Bertz CT molecular complexity index is 964. The molecule has 0 aliphatic heterocycles. The van der Waals surface area contributed by atoms with Crippen LogP contribution in [0, 0.1) is 6.92 Å². The lowest BCUT2D eigenvalue weighted by Crippen LogP contribution is -3.00. The van der Waals surface area contributed by atoms with Crippen LogP contribution in [-0.2, 0) is 19.4 Å². The van der Waals surface area contributed by atoms with E-state index in [1.165, 1.54) is 27.3 Å². The third-order valence-electron chi connectivity index (χ3n) is 4.44. The Morgan fingerprint density at radius 1 is 1.12 bits per heavy atom. The predicted octanol–water partition coefficient (Wildman–Crippen LogP) is 2.05. The maximum absolute atomic E-state index is 4.91. The molecule has 3 aromatic rings. The Morgan fingerprint density at radius 3 is 2.64 bits per heavy atom. The minimum absolute atomic E-state index is 0. The van der Waals surface area contributed by atoms with Crippen molar-refractivity contribution in [2.45, 2.75) is 26.3 Å². The molecule has 1 heterocycles. The predicted molar refractivity (Wildman–Crippen MR) is 102 cm³/mol. The van der Waals surface area contributed by atoms with Crippen molar-refractivity contribution >= 4 is 17.0 Å². The van der Waals surface area contributed by atoms with Crippen LogP contribution in [0.5, 0.6) is 0 Å². The number of halogens is 1. The summed E-state index contributed by atoms with van der Waals surface area (Å²) in [5.41, 5.74) is 6.37. The van der Waals surface area contributed by atoms with E-state index < -0.39 is 0 Å². The van der Waals surface area contributed by atoms with Crippen molar-refractivity contribution in [1.82, 2.24) is 4.57 Å². The summed E-state index contributed by atoms with van der Waals surface area (Å²) >= 11 is 1.81. The van der Waals surface area contributed by atoms with E-state index in [4.69, 9.17) is 4.99 Å². The van der Waals surface area contributed by atoms with Crippen LogP contribution in [0.3, 0.4) is 0 Å². The summed E-state index contributed by atoms with van der Waals surface area (Å²) < 4.78 is 2.31. The largest absolute Gasteiger partial charge is 1.00 e. The van der Waals surface area contributed by atoms with Crippen LogP contribution in [-0.4, -0.2) is 4.57 Å². The van der Waals surface area contributed by atoms with Gasteiger partial charge in [0, 0.05) is 17.0 Å². The maximum atomic E-state index is 4.91. The topological polar surface area (TPSA) is 17.3 Å². The number of benzene rings is 2. The molecule has 4 heteroatoms. The van der Waals surface area contributed by atoms with E-state index in [1.54, 1.807) is 0 Å². The van der Waals surface area contributed by atoms with Gasteiger partial charge < -0.3 is 21.5 Å². The summed E-state index contributed by atoms with van der Waals surface area (Å²) in [7, 11) is 0. The van der Waals surface area contributed by atoms with Crippen molar-refractivity contribution < 1.29 is 17.0 Å². The van der Waals surface area contributed by atoms with Crippen LogP contribution in [0.25, 0.3) is 11.3 Å². The highest BCUT2D eigenvalue weighted by Crippen LogP contribution is 2.35. The Hall–Kier alpha value is -1.91. The SMILES string of the molecule is C=CCn1c2c(sc1=Nc1ccc(C)cc1)CCc1ccccc1-2.[Br-]. The molecule has 128 valence electrons. The van der Waals surface area contributed by atoms with Gasteiger partial charge in [-0.05, 0) is 37.5 Å². The van der Waals surface area contributed by atoms with Crippen molar-refractivity contribution in [3.63, 3.8) is 0 Å². The molecule has 0 saturated heterocycles. The van der Waals surface area contributed by atoms with Crippen LogP contribution in [0.4, 0.5) is 5.69 Å². The van der Waals surface area contributed by atoms with Gasteiger partial charge in [-0.25, -0.2) is 4.99 Å². The van der Waals surface area contributed by atoms with Crippen molar-refractivity contribution in [3.8, 4) is 11.3 Å². The van der Waals surface area contributed by atoms with Gasteiger partial charge in [0.2, 0.25) is 0 Å². The normalized spacial score (nSPS) is 12.9. The Balaban J connectivity index is 0.00000182. The highest BCUT2D eigenvalue weighted by Gasteiger charge is 2.21. The number of aromatic nitrogens is 1. The van der Waals surface area contributed by atoms with Gasteiger partial charge in [0.05, 0.1) is 11.4 Å². The van der Waals surface area contributed by atoms with Gasteiger partial charge in [-0.15, -0.1) is 17.9 Å². The van der Waals surface area contributed by atoms with Crippen LogP contribution in [0.2, 0.25) is 0 Å². The molecule has 2 aromatic carbocycles. The first-order valence-electron chi connectivity index (χ1n) is 8.29. The summed E-state index contributed by atoms with van der Waals surface area (Å²) in [6.07, 6.45) is 4.16. The van der Waals surface area contributed by atoms with Gasteiger partial charge in [-0.2, -0.15) is 0 Å². The molecule has 25 heavy (non-hydrogen) atoms. The molecule has 0 unspecified atom stereocenters. The zero-order valence-corrected chi connectivity index (χ0v) is 16.6. The monoisotopic (exact) mass is 411 g/mol. The average Bonchev–Trinajstić information content (AvgIpc) is 2.95. The van der Waals surface area contributed by atoms with Crippen molar-refractivity contribution in [3.05, 3.63) is 82.0 Å². The smallest absolute Gasteiger partial charge is 0.190 e. The van der Waals surface area contributed by atoms with Crippen LogP contribution in [0.15, 0.2) is 66.2 Å². The molecule has 1 aliphatic carbocycles. The second kappa shape index (κ2) is 7.54. The third kappa shape index (κ3) is 3.42. The lowest BCUT2D eigenvalue weighted by atomic mass is 9.93. The molecule has 0 saturated carbocycles. The number of allylic oxidation sites excluding steroid dienone is 1. The summed E-state index contributed by atoms with van der Waals surface area (Å²) in [4.78, 5) is 7.40. The Morgan fingerprint density at radius 2 is 1.88 bits per heavy atom. The Labute approximate surface area is 163 Å². The first kappa shape index (κ1) is 17.9. The van der Waals surface area contributed by atoms with Crippen LogP contribution < -0.4 is 21.8 Å². The lowest BCUT2D eigenvalue weighted by molar-refractivity contribution is -0.00000479. The number of hydrogen-bond donors (Lipinski definition) is 0. The highest BCUT2D eigenvalue weighted by atomic mass is 79.9. The summed E-state index contributed by atoms with van der Waals surface area (Å²) in [5.74, 6) is 0. The number of rotatable bonds is 3. The van der Waals surface area contributed by atoms with E-state index in [2.05, 4.69) is 66.6 Å². The molecule has 1 aromatic heterocycles. The first-order chi connectivity index (χ1) is 11.8. The fourth-order valence-corrected chi connectivity index (χ4v) is 4.42. The number of fused-ring (bicyclic) bond motifs is 3. The van der Waals surface area contributed by atoms with E-state index in [-0.39, 0.29) is 17.0 Å². The number of aryl methyl sites for hydroxylation is 3. The van der Waals surface area contributed by atoms with Crippen LogP contribution >= 0.6 is 11.3 Å². The molecule has 0 amide bonds. The molecule has 0 radical (unpaired) electrons. The maximum Gasteiger partial charge on any atom is 0.190 e. The molecule has 2 nitrogen and oxygen atoms in total. The fourth-order valence-electron chi connectivity index (χ4n) is 3.25. The standard InChI is InChI=1S/C21H20N2S.BrH/c1-3-14-23-20-18-7-5-4-6-16(18)10-13-19(20)24-21(23)22-17-11-8-15(2)9-12-17;/h3-9,11-12H,1,10,13-14H2,2H3;1H/p-1. The van der Waals surface area contributed by atoms with Crippen molar-refractivity contribution in [1.29, 1.82) is 0 Å². The third-order valence-corrected chi connectivity index (χ3v) is 5.58. The van der Waals surface area contributed by atoms with E-state index in [1.807, 2.05) is 17.4 Å². The zero-order valence-electron chi connectivity index (χ0n) is 14.2. The van der Waals surface area contributed by atoms with Gasteiger partial charge in [-0.1, -0.05) is 48.0 Å². The highest BCUT2D eigenvalue weighted by molar-refractivity contribution is 7.09. The molecular weight excluding hydrogens is 392 g/mol. The molecular formula is C21H20BrN2S-. The molecule has 4 rings (SSSR count). The van der Waals surface area contributed by atoms with Gasteiger partial charge in [-0.3, -0.25) is 0 Å². The second-order valence-corrected chi connectivity index (χ2v) is 7.22. The minimum atomic E-state index is 0. The van der Waals surface area contributed by atoms with Crippen molar-refractivity contribution in [2.24, 2.45) is 4.99 Å². The van der Waals surface area contributed by atoms with E-state index >= 15 is 0 Å². The van der Waals surface area contributed by atoms with Gasteiger partial charge in [0.15, 0.2) is 4.80 Å². The first-order valence-corrected chi connectivity index (χ1v) is 9.11. The molecule has 0 fully saturated rings. The quantitative estimate of drug-likeness (QED) is 0.586. The molecule has 0 atom stereocenters. The van der Waals surface area contributed by atoms with E-state index in [0.29, 0.717) is 0 Å². The molecule has 0 bridgehead atoms. The number of thiazole rings is 1.